The molecule has 2 rings (SSSR count). The Bertz CT molecular complexity index is 622. The lowest BCUT2D eigenvalue weighted by molar-refractivity contribution is 0.189. The van der Waals surface area contributed by atoms with Crippen molar-refractivity contribution >= 4 is 22.5 Å². The second-order valence-electron chi connectivity index (χ2n) is 4.58. The van der Waals surface area contributed by atoms with Crippen LogP contribution < -0.4 is 5.56 Å². The van der Waals surface area contributed by atoms with Gasteiger partial charge in [-0.2, -0.15) is 0 Å². The monoisotopic (exact) mass is 266 g/mol. The maximum absolute atomic E-state index is 12.4. The second-order valence-corrected chi connectivity index (χ2v) is 4.99. The molecule has 1 heterocycles. The van der Waals surface area contributed by atoms with Crippen LogP contribution in [0, 0.1) is 5.92 Å². The molecule has 1 atom stereocenters. The Morgan fingerprint density at radius 2 is 2.17 bits per heavy atom. The maximum atomic E-state index is 12.4. The molecule has 0 saturated carbocycles. The SMILES string of the molecule is CC(C)C(CO)n1cnc2cccc(Cl)c2c1=O. The number of rotatable bonds is 3. The lowest BCUT2D eigenvalue weighted by Gasteiger charge is -2.21. The van der Waals surface area contributed by atoms with Crippen molar-refractivity contribution in [3.8, 4) is 0 Å². The van der Waals surface area contributed by atoms with Crippen LogP contribution in [-0.4, -0.2) is 21.3 Å². The normalized spacial score (nSPS) is 13.2. The molecule has 0 aliphatic heterocycles. The van der Waals surface area contributed by atoms with Gasteiger partial charge in [-0.25, -0.2) is 4.98 Å². The summed E-state index contributed by atoms with van der Waals surface area (Å²) in [5, 5.41) is 10.2. The molecule has 1 aromatic heterocycles. The summed E-state index contributed by atoms with van der Waals surface area (Å²) in [5.74, 6) is 0.134. The predicted molar refractivity (Wildman–Crippen MR) is 72.0 cm³/mol. The van der Waals surface area contributed by atoms with Crippen molar-refractivity contribution in [1.82, 2.24) is 9.55 Å². The molecule has 0 bridgehead atoms. The van der Waals surface area contributed by atoms with Crippen LogP contribution in [-0.2, 0) is 0 Å². The summed E-state index contributed by atoms with van der Waals surface area (Å²) >= 11 is 6.05. The van der Waals surface area contributed by atoms with Crippen LogP contribution in [0.25, 0.3) is 10.9 Å². The van der Waals surface area contributed by atoms with E-state index in [1.807, 2.05) is 13.8 Å². The van der Waals surface area contributed by atoms with Crippen molar-refractivity contribution in [2.45, 2.75) is 19.9 Å². The number of hydrogen-bond donors (Lipinski definition) is 1. The molecule has 5 heteroatoms. The summed E-state index contributed by atoms with van der Waals surface area (Å²) in [4.78, 5) is 16.6. The van der Waals surface area contributed by atoms with Gasteiger partial charge in [-0.3, -0.25) is 9.36 Å². The molecule has 0 fully saturated rings. The van der Waals surface area contributed by atoms with E-state index >= 15 is 0 Å². The molecule has 0 radical (unpaired) electrons. The van der Waals surface area contributed by atoms with E-state index in [-0.39, 0.29) is 24.1 Å². The zero-order chi connectivity index (χ0) is 13.3. The van der Waals surface area contributed by atoms with Crippen molar-refractivity contribution in [2.75, 3.05) is 6.61 Å². The van der Waals surface area contributed by atoms with Crippen molar-refractivity contribution in [1.29, 1.82) is 0 Å². The molecule has 18 heavy (non-hydrogen) atoms. The van der Waals surface area contributed by atoms with Gasteiger partial charge in [0.1, 0.15) is 0 Å². The molecule has 1 unspecified atom stereocenters. The standard InChI is InChI=1S/C13H15ClN2O2/c1-8(2)11(6-17)16-7-15-10-5-3-4-9(14)12(10)13(16)18/h3-5,7-8,11,17H,6H2,1-2H3. The number of benzene rings is 1. The van der Waals surface area contributed by atoms with Crippen molar-refractivity contribution in [2.24, 2.45) is 5.92 Å². The molecule has 0 aliphatic carbocycles. The fourth-order valence-corrected chi connectivity index (χ4v) is 2.24. The molecule has 0 spiro atoms. The third kappa shape index (κ3) is 2.13. The molecule has 4 nitrogen and oxygen atoms in total. The first-order valence-corrected chi connectivity index (χ1v) is 6.20. The molecule has 0 aliphatic rings. The van der Waals surface area contributed by atoms with E-state index in [9.17, 15) is 9.90 Å². The molecular weight excluding hydrogens is 252 g/mol. The largest absolute Gasteiger partial charge is 0.394 e. The van der Waals surface area contributed by atoms with Crippen molar-refractivity contribution < 1.29 is 5.11 Å². The Balaban J connectivity index is 2.72. The lowest BCUT2D eigenvalue weighted by atomic mass is 10.1. The van der Waals surface area contributed by atoms with Gasteiger partial charge in [-0.1, -0.05) is 31.5 Å². The summed E-state index contributed by atoms with van der Waals surface area (Å²) in [6, 6.07) is 4.88. The average molecular weight is 267 g/mol. The number of aliphatic hydroxyl groups is 1. The topological polar surface area (TPSA) is 55.1 Å². The number of hydrogen-bond acceptors (Lipinski definition) is 3. The quantitative estimate of drug-likeness (QED) is 0.927. The van der Waals surface area contributed by atoms with E-state index in [0.717, 1.165) is 0 Å². The van der Waals surface area contributed by atoms with Gasteiger partial charge in [0.15, 0.2) is 0 Å². The van der Waals surface area contributed by atoms with Crippen molar-refractivity contribution in [3.63, 3.8) is 0 Å². The van der Waals surface area contributed by atoms with Gasteiger partial charge in [0.05, 0.1) is 34.9 Å². The fraction of sp³-hybridized carbons (Fsp3) is 0.385. The van der Waals surface area contributed by atoms with E-state index in [1.165, 1.54) is 10.9 Å². The van der Waals surface area contributed by atoms with E-state index in [1.54, 1.807) is 18.2 Å². The van der Waals surface area contributed by atoms with E-state index in [4.69, 9.17) is 11.6 Å². The first kappa shape index (κ1) is 13.1. The summed E-state index contributed by atoms with van der Waals surface area (Å²) in [6.45, 7) is 3.80. The van der Waals surface area contributed by atoms with Crippen LogP contribution in [0.4, 0.5) is 0 Å². The van der Waals surface area contributed by atoms with Gasteiger partial charge in [0, 0.05) is 0 Å². The fourth-order valence-electron chi connectivity index (χ4n) is 1.99. The first-order valence-electron chi connectivity index (χ1n) is 5.82. The predicted octanol–water partition coefficient (Wildman–Crippen LogP) is 2.24. The molecule has 1 N–H and O–H groups in total. The van der Waals surface area contributed by atoms with Gasteiger partial charge >= 0.3 is 0 Å². The Labute approximate surface area is 110 Å². The molecule has 0 amide bonds. The Morgan fingerprint density at radius 1 is 1.44 bits per heavy atom. The minimum absolute atomic E-state index is 0.102. The van der Waals surface area contributed by atoms with E-state index in [0.29, 0.717) is 15.9 Å². The Kier molecular flexibility index (Phi) is 3.68. The van der Waals surface area contributed by atoms with Crippen LogP contribution in [0.15, 0.2) is 29.3 Å². The van der Waals surface area contributed by atoms with Crippen LogP contribution >= 0.6 is 11.6 Å². The summed E-state index contributed by atoms with van der Waals surface area (Å²) in [5.41, 5.74) is 0.363. The minimum atomic E-state index is -0.286. The molecule has 96 valence electrons. The highest BCUT2D eigenvalue weighted by molar-refractivity contribution is 6.35. The highest BCUT2D eigenvalue weighted by Crippen LogP contribution is 2.20. The summed E-state index contributed by atoms with van der Waals surface area (Å²) in [7, 11) is 0. The number of aliphatic hydroxyl groups excluding tert-OH is 1. The first-order chi connectivity index (χ1) is 8.56. The third-order valence-electron chi connectivity index (χ3n) is 3.08. The summed E-state index contributed by atoms with van der Waals surface area (Å²) < 4.78 is 1.46. The van der Waals surface area contributed by atoms with Gasteiger partial charge in [-0.15, -0.1) is 0 Å². The van der Waals surface area contributed by atoms with E-state index < -0.39 is 0 Å². The third-order valence-corrected chi connectivity index (χ3v) is 3.39. The maximum Gasteiger partial charge on any atom is 0.263 e. The Hall–Kier alpha value is -1.39. The number of nitrogens with zero attached hydrogens (tertiary/aromatic N) is 2. The van der Waals surface area contributed by atoms with Gasteiger partial charge < -0.3 is 5.11 Å². The van der Waals surface area contributed by atoms with Gasteiger partial charge in [0.25, 0.3) is 5.56 Å². The molecule has 2 aromatic rings. The van der Waals surface area contributed by atoms with E-state index in [2.05, 4.69) is 4.98 Å². The van der Waals surface area contributed by atoms with Gasteiger partial charge in [-0.05, 0) is 18.1 Å². The number of fused-ring (bicyclic) bond motifs is 1. The minimum Gasteiger partial charge on any atom is -0.394 e. The van der Waals surface area contributed by atoms with Crippen molar-refractivity contribution in [3.05, 3.63) is 39.9 Å². The zero-order valence-corrected chi connectivity index (χ0v) is 11.1. The van der Waals surface area contributed by atoms with Crippen LogP contribution in [0.2, 0.25) is 5.02 Å². The second kappa shape index (κ2) is 5.08. The number of halogens is 1. The average Bonchev–Trinajstić information content (AvgIpc) is 2.32. The Morgan fingerprint density at radius 3 is 2.78 bits per heavy atom. The lowest BCUT2D eigenvalue weighted by Crippen LogP contribution is -2.30. The smallest absolute Gasteiger partial charge is 0.263 e. The highest BCUT2D eigenvalue weighted by atomic mass is 35.5. The molecule has 0 saturated heterocycles. The van der Waals surface area contributed by atoms with Crippen LogP contribution in [0.3, 0.4) is 0 Å². The molecule has 1 aromatic carbocycles. The number of aromatic nitrogens is 2. The molecular formula is C13H15ClN2O2. The zero-order valence-electron chi connectivity index (χ0n) is 10.3. The highest BCUT2D eigenvalue weighted by Gasteiger charge is 2.18. The van der Waals surface area contributed by atoms with Crippen LogP contribution in [0.1, 0.15) is 19.9 Å². The summed E-state index contributed by atoms with van der Waals surface area (Å²) in [6.07, 6.45) is 1.47. The van der Waals surface area contributed by atoms with Crippen LogP contribution in [0.5, 0.6) is 0 Å². The van der Waals surface area contributed by atoms with Gasteiger partial charge in [0.2, 0.25) is 0 Å².